The Morgan fingerprint density at radius 3 is 2.85 bits per heavy atom. The Morgan fingerprint density at radius 2 is 2.12 bits per heavy atom. The van der Waals surface area contributed by atoms with E-state index in [0.717, 1.165) is 25.2 Å². The molecule has 3 aliphatic rings. The molecule has 4 heterocycles. The predicted molar refractivity (Wildman–Crippen MR) is 98.7 cm³/mol. The van der Waals surface area contributed by atoms with Crippen molar-refractivity contribution >= 4 is 21.7 Å². The van der Waals surface area contributed by atoms with Gasteiger partial charge >= 0.3 is 0 Å². The number of likely N-dealkylation sites (tertiary alicyclic amines) is 1. The molecule has 0 N–H and O–H groups in total. The summed E-state index contributed by atoms with van der Waals surface area (Å²) in [5.74, 6) is 1.07. The number of aromatic nitrogens is 2. The molecule has 3 aliphatic heterocycles. The summed E-state index contributed by atoms with van der Waals surface area (Å²) in [7, 11) is -3.28. The van der Waals surface area contributed by atoms with Crippen LogP contribution in [0.15, 0.2) is 6.20 Å². The quantitative estimate of drug-likeness (QED) is 0.772. The van der Waals surface area contributed by atoms with Crippen LogP contribution in [0.1, 0.15) is 50.3 Å². The summed E-state index contributed by atoms with van der Waals surface area (Å²) in [6.45, 7) is 6.65. The van der Waals surface area contributed by atoms with Crippen LogP contribution in [0, 0.1) is 5.92 Å². The third kappa shape index (κ3) is 2.98. The number of rotatable bonds is 2. The Kier molecular flexibility index (Phi) is 4.41. The van der Waals surface area contributed by atoms with E-state index in [-0.39, 0.29) is 17.6 Å². The second kappa shape index (κ2) is 6.48. The molecule has 0 spiro atoms. The highest BCUT2D eigenvalue weighted by Gasteiger charge is 2.48. The number of carbonyl (C=O) groups excluding carboxylic acids is 1. The first-order valence-electron chi connectivity index (χ1n) is 9.49. The van der Waals surface area contributed by atoms with Crippen LogP contribution in [0.4, 0.5) is 5.95 Å². The van der Waals surface area contributed by atoms with Gasteiger partial charge in [-0.25, -0.2) is 18.4 Å². The molecular weight excluding hydrogens is 352 g/mol. The summed E-state index contributed by atoms with van der Waals surface area (Å²) in [5.41, 5.74) is 1.53. The molecule has 142 valence electrons. The van der Waals surface area contributed by atoms with Crippen LogP contribution in [0.25, 0.3) is 0 Å². The van der Waals surface area contributed by atoms with Crippen molar-refractivity contribution in [3.63, 3.8) is 0 Å². The predicted octanol–water partition coefficient (Wildman–Crippen LogP) is 1.35. The first-order valence-corrected chi connectivity index (χ1v) is 11.2. The number of anilines is 1. The van der Waals surface area contributed by atoms with Gasteiger partial charge in [0.2, 0.25) is 11.9 Å². The SMILES string of the molecule is CCC(=O)N1C[C@@H]2c3nc(N4CCC[C@@H](C)C4)ncc3CS(=O)(=O)[C@@H]2C1. The van der Waals surface area contributed by atoms with E-state index in [0.29, 0.717) is 36.9 Å². The van der Waals surface area contributed by atoms with Gasteiger partial charge in [-0.1, -0.05) is 13.8 Å². The van der Waals surface area contributed by atoms with E-state index >= 15 is 0 Å². The highest BCUT2D eigenvalue weighted by Crippen LogP contribution is 2.39. The molecule has 0 unspecified atom stereocenters. The minimum Gasteiger partial charge on any atom is -0.341 e. The van der Waals surface area contributed by atoms with Crippen molar-refractivity contribution in [1.82, 2.24) is 14.9 Å². The molecule has 2 saturated heterocycles. The van der Waals surface area contributed by atoms with Gasteiger partial charge < -0.3 is 9.80 Å². The lowest BCUT2D eigenvalue weighted by molar-refractivity contribution is -0.129. The molecule has 1 aromatic heterocycles. The number of amides is 1. The third-order valence-corrected chi connectivity index (χ3v) is 8.03. The summed E-state index contributed by atoms with van der Waals surface area (Å²) in [5, 5.41) is -0.534. The minimum atomic E-state index is -3.28. The van der Waals surface area contributed by atoms with Gasteiger partial charge in [-0.3, -0.25) is 4.79 Å². The lowest BCUT2D eigenvalue weighted by atomic mass is 9.99. The first kappa shape index (κ1) is 17.7. The molecule has 0 bridgehead atoms. The van der Waals surface area contributed by atoms with Gasteiger partial charge in [0.15, 0.2) is 9.84 Å². The number of piperidine rings is 1. The molecule has 1 aromatic rings. The van der Waals surface area contributed by atoms with Gasteiger partial charge in [0.1, 0.15) is 0 Å². The van der Waals surface area contributed by atoms with E-state index in [1.54, 1.807) is 11.1 Å². The number of fused-ring (bicyclic) bond motifs is 3. The molecule has 3 atom stereocenters. The molecule has 2 fully saturated rings. The van der Waals surface area contributed by atoms with E-state index in [2.05, 4.69) is 16.8 Å². The van der Waals surface area contributed by atoms with Gasteiger partial charge in [0, 0.05) is 50.3 Å². The number of hydrogen-bond acceptors (Lipinski definition) is 6. The van der Waals surface area contributed by atoms with Gasteiger partial charge in [0.05, 0.1) is 16.7 Å². The average Bonchev–Trinajstić information content (AvgIpc) is 3.07. The second-order valence-corrected chi connectivity index (χ2v) is 10.1. The number of nitrogens with zero attached hydrogens (tertiary/aromatic N) is 4. The molecule has 4 rings (SSSR count). The Balaban J connectivity index is 1.69. The lowest BCUT2D eigenvalue weighted by Crippen LogP contribution is -2.38. The van der Waals surface area contributed by atoms with Crippen molar-refractivity contribution in [1.29, 1.82) is 0 Å². The van der Waals surface area contributed by atoms with E-state index < -0.39 is 15.1 Å². The Morgan fingerprint density at radius 1 is 1.31 bits per heavy atom. The molecule has 1 amide bonds. The van der Waals surface area contributed by atoms with Crippen molar-refractivity contribution in [2.24, 2.45) is 5.92 Å². The fraction of sp³-hybridized carbons (Fsp3) is 0.722. The maximum absolute atomic E-state index is 12.7. The average molecular weight is 378 g/mol. The number of hydrogen-bond donors (Lipinski definition) is 0. The van der Waals surface area contributed by atoms with E-state index in [1.165, 1.54) is 6.42 Å². The molecule has 0 aromatic carbocycles. The van der Waals surface area contributed by atoms with Crippen molar-refractivity contribution in [3.8, 4) is 0 Å². The maximum atomic E-state index is 12.7. The zero-order chi connectivity index (χ0) is 18.5. The summed E-state index contributed by atoms with van der Waals surface area (Å²) in [6.07, 6.45) is 4.43. The largest absolute Gasteiger partial charge is 0.341 e. The highest BCUT2D eigenvalue weighted by atomic mass is 32.2. The Bertz CT molecular complexity index is 826. The summed E-state index contributed by atoms with van der Waals surface area (Å²) >= 11 is 0. The van der Waals surface area contributed by atoms with E-state index in [1.807, 2.05) is 6.92 Å². The zero-order valence-electron chi connectivity index (χ0n) is 15.4. The van der Waals surface area contributed by atoms with Crippen molar-refractivity contribution in [3.05, 3.63) is 17.5 Å². The van der Waals surface area contributed by atoms with Crippen LogP contribution < -0.4 is 4.90 Å². The summed E-state index contributed by atoms with van der Waals surface area (Å²) < 4.78 is 25.4. The number of carbonyl (C=O) groups is 1. The van der Waals surface area contributed by atoms with Crippen LogP contribution in [0.2, 0.25) is 0 Å². The van der Waals surface area contributed by atoms with Gasteiger partial charge in [-0.2, -0.15) is 0 Å². The standard InChI is InChI=1S/C18H26N4O3S/c1-3-16(23)22-9-14-15(10-22)26(24,25)11-13-7-19-18(20-17(13)14)21-6-4-5-12(2)8-21/h7,12,14-15H,3-6,8-11H2,1-2H3/t12-,14+,15-/m1/s1. The second-order valence-electron chi connectivity index (χ2n) is 7.88. The Labute approximate surface area is 154 Å². The van der Waals surface area contributed by atoms with Crippen molar-refractivity contribution in [2.75, 3.05) is 31.1 Å². The van der Waals surface area contributed by atoms with Crippen LogP contribution >= 0.6 is 0 Å². The van der Waals surface area contributed by atoms with Crippen molar-refractivity contribution < 1.29 is 13.2 Å². The highest BCUT2D eigenvalue weighted by molar-refractivity contribution is 7.91. The molecule has 0 saturated carbocycles. The molecule has 0 aliphatic carbocycles. The molecule has 8 heteroatoms. The molecule has 7 nitrogen and oxygen atoms in total. The van der Waals surface area contributed by atoms with Gasteiger partial charge in [-0.15, -0.1) is 0 Å². The summed E-state index contributed by atoms with van der Waals surface area (Å²) in [4.78, 5) is 25.3. The molecular formula is C18H26N4O3S. The zero-order valence-corrected chi connectivity index (χ0v) is 16.2. The topological polar surface area (TPSA) is 83.5 Å². The normalized spacial score (nSPS) is 30.0. The van der Waals surface area contributed by atoms with Crippen molar-refractivity contribution in [2.45, 2.75) is 50.0 Å². The van der Waals surface area contributed by atoms with E-state index in [9.17, 15) is 13.2 Å². The fourth-order valence-corrected chi connectivity index (χ4v) is 6.51. The fourth-order valence-electron chi connectivity index (χ4n) is 4.52. The Hall–Kier alpha value is -1.70. The van der Waals surface area contributed by atoms with Crippen LogP contribution in [-0.4, -0.2) is 60.6 Å². The number of sulfone groups is 1. The minimum absolute atomic E-state index is 0.00952. The van der Waals surface area contributed by atoms with Crippen LogP contribution in [0.3, 0.4) is 0 Å². The molecule has 0 radical (unpaired) electrons. The summed E-state index contributed by atoms with van der Waals surface area (Å²) in [6, 6.07) is 0. The smallest absolute Gasteiger partial charge is 0.225 e. The van der Waals surface area contributed by atoms with Gasteiger partial charge in [-0.05, 0) is 18.8 Å². The molecule has 26 heavy (non-hydrogen) atoms. The first-order chi connectivity index (χ1) is 12.4. The van der Waals surface area contributed by atoms with Crippen LogP contribution in [0.5, 0.6) is 0 Å². The van der Waals surface area contributed by atoms with E-state index in [4.69, 9.17) is 4.98 Å². The lowest BCUT2D eigenvalue weighted by Gasteiger charge is -2.32. The third-order valence-electron chi connectivity index (χ3n) is 5.92. The maximum Gasteiger partial charge on any atom is 0.225 e. The monoisotopic (exact) mass is 378 g/mol. The van der Waals surface area contributed by atoms with Crippen LogP contribution in [-0.2, 0) is 20.4 Å². The van der Waals surface area contributed by atoms with Gasteiger partial charge in [0.25, 0.3) is 0 Å².